The van der Waals surface area contributed by atoms with Crippen molar-refractivity contribution in [2.24, 2.45) is 0 Å². The number of aromatic nitrogens is 2. The minimum absolute atomic E-state index is 0.000873. The van der Waals surface area contributed by atoms with E-state index in [2.05, 4.69) is 89.9 Å². The van der Waals surface area contributed by atoms with Crippen molar-refractivity contribution in [2.75, 3.05) is 13.2 Å². The molecule has 1 amide bonds. The molecule has 2 aromatic rings. The smallest absolute Gasteiger partial charge is 0.408 e. The van der Waals surface area contributed by atoms with Gasteiger partial charge in [-0.2, -0.15) is 0 Å². The number of nitrogens with zero attached hydrogens (tertiary/aromatic N) is 1. The lowest BCUT2D eigenvalue weighted by molar-refractivity contribution is -0.142. The second-order valence-electron chi connectivity index (χ2n) is 17.3. The molecule has 2 heterocycles. The van der Waals surface area contributed by atoms with Crippen LogP contribution in [0, 0.1) is 11.8 Å². The normalized spacial score (nSPS) is 19.0. The Labute approximate surface area is 310 Å². The van der Waals surface area contributed by atoms with Crippen LogP contribution < -0.4 is 16.6 Å². The van der Waals surface area contributed by atoms with Crippen LogP contribution in [0.2, 0.25) is 36.3 Å². The van der Waals surface area contributed by atoms with E-state index < -0.39 is 63.9 Å². The topological polar surface area (TPSA) is 147 Å². The monoisotopic (exact) mass is 757 g/mol. The van der Waals surface area contributed by atoms with E-state index in [0.29, 0.717) is 18.6 Å². The van der Waals surface area contributed by atoms with E-state index in [1.807, 2.05) is 6.07 Å². The van der Waals surface area contributed by atoms with Gasteiger partial charge in [-0.3, -0.25) is 19.1 Å². The molecular formula is C38H59N3O9Si2. The van der Waals surface area contributed by atoms with Crippen LogP contribution in [-0.2, 0) is 27.9 Å². The second kappa shape index (κ2) is 16.7. The average molecular weight is 758 g/mol. The first-order valence-corrected chi connectivity index (χ1v) is 23.6. The van der Waals surface area contributed by atoms with Crippen LogP contribution in [0.1, 0.15) is 98.6 Å². The van der Waals surface area contributed by atoms with Gasteiger partial charge >= 0.3 is 17.8 Å². The van der Waals surface area contributed by atoms with Gasteiger partial charge in [-0.25, -0.2) is 9.59 Å². The average Bonchev–Trinajstić information content (AvgIpc) is 3.38. The third kappa shape index (κ3) is 12.0. The highest BCUT2D eigenvalue weighted by atomic mass is 28.4. The molecule has 14 heteroatoms. The van der Waals surface area contributed by atoms with E-state index in [0.717, 1.165) is 0 Å². The minimum atomic E-state index is -2.23. The largest absolute Gasteiger partial charge is 0.452 e. The fourth-order valence-electron chi connectivity index (χ4n) is 4.86. The lowest BCUT2D eigenvalue weighted by atomic mass is 10.0. The number of alkyl carbamates (subject to hydrolysis) is 1. The molecular weight excluding hydrogens is 699 g/mol. The predicted octanol–water partition coefficient (Wildman–Crippen LogP) is 6.79. The molecule has 288 valence electrons. The fraction of sp³-hybridized carbons (Fsp3) is 0.632. The van der Waals surface area contributed by atoms with Crippen LogP contribution in [0.3, 0.4) is 0 Å². The van der Waals surface area contributed by atoms with Crippen LogP contribution in [-0.4, -0.2) is 69.3 Å². The summed E-state index contributed by atoms with van der Waals surface area (Å²) in [5.41, 5.74) is -1.31. The summed E-state index contributed by atoms with van der Waals surface area (Å²) in [7, 11) is -4.34. The van der Waals surface area contributed by atoms with Gasteiger partial charge in [-0.15, -0.1) is 0 Å². The third-order valence-electron chi connectivity index (χ3n) is 9.92. The molecule has 1 fully saturated rings. The molecule has 0 radical (unpaired) electrons. The number of carbonyl (C=O) groups excluding carboxylic acids is 2. The number of amides is 1. The number of aromatic amines is 1. The van der Waals surface area contributed by atoms with Gasteiger partial charge in [0.1, 0.15) is 23.5 Å². The number of ether oxygens (including phenoxy) is 3. The zero-order valence-electron chi connectivity index (χ0n) is 33.2. The molecule has 1 aliphatic heterocycles. The van der Waals surface area contributed by atoms with Crippen LogP contribution in [0.25, 0.3) is 0 Å². The quantitative estimate of drug-likeness (QED) is 0.144. The van der Waals surface area contributed by atoms with Gasteiger partial charge in [0.15, 0.2) is 23.2 Å². The summed E-state index contributed by atoms with van der Waals surface area (Å²) in [6.45, 7) is 27.0. The fourth-order valence-corrected chi connectivity index (χ4v) is 7.23. The van der Waals surface area contributed by atoms with Crippen molar-refractivity contribution < 1.29 is 32.7 Å². The Morgan fingerprint density at radius 3 is 2.17 bits per heavy atom. The van der Waals surface area contributed by atoms with Crippen LogP contribution in [0.4, 0.5) is 4.79 Å². The van der Waals surface area contributed by atoms with E-state index >= 15 is 0 Å². The number of benzene rings is 1. The SMILES string of the molecule is CC(C)(C)OC(=O)NC(CC(=O)OCC#Cc1cn(C2CC(O[Si](C)(C)C(C)(C)C)C(CO[Si](C)(C)C(C)(C)C)O2)c(=O)[nH]c1=O)c1ccccc1. The molecule has 1 saturated heterocycles. The number of H-pyrrole nitrogens is 1. The predicted molar refractivity (Wildman–Crippen MR) is 206 cm³/mol. The van der Waals surface area contributed by atoms with Crippen LogP contribution in [0.5, 0.6) is 0 Å². The Morgan fingerprint density at radius 1 is 0.981 bits per heavy atom. The molecule has 0 aliphatic carbocycles. The molecule has 52 heavy (non-hydrogen) atoms. The van der Waals surface area contributed by atoms with Crippen molar-refractivity contribution in [1.29, 1.82) is 0 Å². The number of hydrogen-bond donors (Lipinski definition) is 2. The molecule has 1 aromatic heterocycles. The Hall–Kier alpha value is -3.49. The van der Waals surface area contributed by atoms with E-state index in [1.165, 1.54) is 10.8 Å². The molecule has 2 N–H and O–H groups in total. The first-order valence-electron chi connectivity index (χ1n) is 17.8. The molecule has 12 nitrogen and oxygen atoms in total. The number of rotatable bonds is 11. The zero-order valence-corrected chi connectivity index (χ0v) is 35.2. The van der Waals surface area contributed by atoms with Gasteiger partial charge in [-0.1, -0.05) is 83.7 Å². The number of carbonyl (C=O) groups is 2. The standard InChI is InChI=1S/C38H59N3O9Si2/c1-36(2,3)49-35(45)39-28(26-18-15-14-16-19-26)22-32(42)46-21-17-20-27-24-41(34(44)40-33(27)43)31-23-29(50-52(12,13)38(7,8)9)30(48-31)25-47-51(10,11)37(4,5)6/h14-16,18-19,24,28-31H,21-23,25H2,1-13H3,(H,39,45)(H,40,43,44). The summed E-state index contributed by atoms with van der Waals surface area (Å²) in [4.78, 5) is 53.5. The summed E-state index contributed by atoms with van der Waals surface area (Å²) >= 11 is 0. The van der Waals surface area contributed by atoms with Gasteiger partial charge in [0.2, 0.25) is 0 Å². The van der Waals surface area contributed by atoms with E-state index in [4.69, 9.17) is 23.1 Å². The van der Waals surface area contributed by atoms with Gasteiger partial charge in [0, 0.05) is 12.6 Å². The summed E-state index contributed by atoms with van der Waals surface area (Å²) in [5.74, 6) is 4.81. The Kier molecular flexibility index (Phi) is 13.8. The van der Waals surface area contributed by atoms with Gasteiger partial charge < -0.3 is 28.4 Å². The lowest BCUT2D eigenvalue weighted by Crippen LogP contribution is -2.48. The van der Waals surface area contributed by atoms with Crippen molar-refractivity contribution >= 4 is 28.7 Å². The van der Waals surface area contributed by atoms with Crippen molar-refractivity contribution in [1.82, 2.24) is 14.9 Å². The summed E-state index contributed by atoms with van der Waals surface area (Å²) in [6, 6.07) is 8.30. The van der Waals surface area contributed by atoms with Gasteiger partial charge in [-0.05, 0) is 62.6 Å². The minimum Gasteiger partial charge on any atom is -0.452 e. The maximum atomic E-state index is 13.1. The van der Waals surface area contributed by atoms with Gasteiger partial charge in [0.05, 0.1) is 25.2 Å². The zero-order chi connectivity index (χ0) is 39.3. The van der Waals surface area contributed by atoms with Crippen molar-refractivity contribution in [3.8, 4) is 11.8 Å². The van der Waals surface area contributed by atoms with E-state index in [9.17, 15) is 19.2 Å². The first-order chi connectivity index (χ1) is 23.8. The molecule has 4 unspecified atom stereocenters. The molecule has 0 spiro atoms. The van der Waals surface area contributed by atoms with Crippen LogP contribution >= 0.6 is 0 Å². The summed E-state index contributed by atoms with van der Waals surface area (Å²) in [6.07, 6.45) is -0.558. The number of nitrogens with one attached hydrogen (secondary N) is 2. The highest BCUT2D eigenvalue weighted by Crippen LogP contribution is 2.42. The van der Waals surface area contributed by atoms with Crippen molar-refractivity contribution in [3.63, 3.8) is 0 Å². The maximum Gasteiger partial charge on any atom is 0.408 e. The highest BCUT2D eigenvalue weighted by Gasteiger charge is 2.47. The molecule has 3 rings (SSSR count). The highest BCUT2D eigenvalue weighted by molar-refractivity contribution is 6.74. The Bertz CT molecular complexity index is 1720. The molecule has 0 saturated carbocycles. The van der Waals surface area contributed by atoms with Crippen molar-refractivity contribution in [3.05, 3.63) is 68.5 Å². The van der Waals surface area contributed by atoms with Gasteiger partial charge in [0.25, 0.3) is 5.56 Å². The third-order valence-corrected chi connectivity index (χ3v) is 18.9. The van der Waals surface area contributed by atoms with Crippen molar-refractivity contribution in [2.45, 2.75) is 141 Å². The summed E-state index contributed by atoms with van der Waals surface area (Å²) in [5, 5.41) is 2.68. The molecule has 1 aromatic carbocycles. The molecule has 4 atom stereocenters. The van der Waals surface area contributed by atoms with E-state index in [-0.39, 0.29) is 34.8 Å². The Balaban J connectivity index is 1.77. The maximum absolute atomic E-state index is 13.1. The number of hydrogen-bond acceptors (Lipinski definition) is 9. The van der Waals surface area contributed by atoms with E-state index in [1.54, 1.807) is 45.0 Å². The lowest BCUT2D eigenvalue weighted by Gasteiger charge is -2.40. The molecule has 0 bridgehead atoms. The first kappa shape index (κ1) is 42.9. The summed E-state index contributed by atoms with van der Waals surface area (Å²) < 4.78 is 31.9. The van der Waals surface area contributed by atoms with Crippen LogP contribution in [0.15, 0.2) is 46.1 Å². The Morgan fingerprint density at radius 2 is 1.60 bits per heavy atom. The molecule has 1 aliphatic rings. The second-order valence-corrected chi connectivity index (χ2v) is 26.9. The number of esters is 1.